The van der Waals surface area contributed by atoms with Crippen LogP contribution in [0.4, 0.5) is 10.1 Å². The van der Waals surface area contributed by atoms with Crippen molar-refractivity contribution in [3.63, 3.8) is 0 Å². The zero-order chi connectivity index (χ0) is 20.6. The summed E-state index contributed by atoms with van der Waals surface area (Å²) in [4.78, 5) is 24.5. The van der Waals surface area contributed by atoms with Crippen molar-refractivity contribution in [3.05, 3.63) is 95.3 Å². The van der Waals surface area contributed by atoms with E-state index in [-0.39, 0.29) is 11.6 Å². The molecule has 0 bridgehead atoms. The third kappa shape index (κ3) is 5.42. The zero-order valence-corrected chi connectivity index (χ0v) is 15.9. The standard InChI is InChI=1S/C23H21FN2O3/c1-29-19-12-6-16(7-13-19)14-15-25-22(27)17-8-10-18(11-9-17)23(28)26-21-5-3-2-4-20(21)24/h2-13H,14-15H2,1H3,(H,25,27)(H,26,28). The molecule has 0 heterocycles. The highest BCUT2D eigenvalue weighted by atomic mass is 19.1. The SMILES string of the molecule is COc1ccc(CCNC(=O)c2ccc(C(=O)Nc3ccccc3F)cc2)cc1. The van der Waals surface area contributed by atoms with Crippen LogP contribution in [0.5, 0.6) is 5.75 Å². The van der Waals surface area contributed by atoms with Crippen LogP contribution in [0, 0.1) is 5.82 Å². The minimum absolute atomic E-state index is 0.109. The highest BCUT2D eigenvalue weighted by Crippen LogP contribution is 2.15. The van der Waals surface area contributed by atoms with E-state index < -0.39 is 11.7 Å². The van der Waals surface area contributed by atoms with E-state index in [4.69, 9.17) is 4.74 Å². The van der Waals surface area contributed by atoms with Gasteiger partial charge in [0.2, 0.25) is 0 Å². The summed E-state index contributed by atoms with van der Waals surface area (Å²) in [6, 6.07) is 19.8. The van der Waals surface area contributed by atoms with Gasteiger partial charge in [-0.15, -0.1) is 0 Å². The maximum atomic E-state index is 13.6. The summed E-state index contributed by atoms with van der Waals surface area (Å²) >= 11 is 0. The second-order valence-electron chi connectivity index (χ2n) is 6.37. The summed E-state index contributed by atoms with van der Waals surface area (Å²) < 4.78 is 18.8. The highest BCUT2D eigenvalue weighted by Gasteiger charge is 2.11. The molecule has 148 valence electrons. The number of amides is 2. The van der Waals surface area contributed by atoms with Crippen molar-refractivity contribution in [2.24, 2.45) is 0 Å². The topological polar surface area (TPSA) is 67.4 Å². The Bertz CT molecular complexity index is 986. The number of hydrogen-bond donors (Lipinski definition) is 2. The minimum Gasteiger partial charge on any atom is -0.497 e. The number of carbonyl (C=O) groups is 2. The third-order valence-electron chi connectivity index (χ3n) is 4.39. The predicted octanol–water partition coefficient (Wildman–Crippen LogP) is 4.06. The van der Waals surface area contributed by atoms with Gasteiger partial charge in [-0.3, -0.25) is 9.59 Å². The van der Waals surface area contributed by atoms with Crippen molar-refractivity contribution in [1.29, 1.82) is 0 Å². The van der Waals surface area contributed by atoms with E-state index >= 15 is 0 Å². The van der Waals surface area contributed by atoms with Crippen molar-refractivity contribution in [2.75, 3.05) is 19.0 Å². The van der Waals surface area contributed by atoms with Crippen LogP contribution in [-0.2, 0) is 6.42 Å². The lowest BCUT2D eigenvalue weighted by atomic mass is 10.1. The number of anilines is 1. The number of ether oxygens (including phenoxy) is 1. The molecule has 3 aromatic rings. The number of methoxy groups -OCH3 is 1. The number of para-hydroxylation sites is 1. The monoisotopic (exact) mass is 392 g/mol. The molecule has 0 atom stereocenters. The molecule has 29 heavy (non-hydrogen) atoms. The van der Waals surface area contributed by atoms with Crippen molar-refractivity contribution in [2.45, 2.75) is 6.42 Å². The number of halogens is 1. The van der Waals surface area contributed by atoms with Crippen LogP contribution in [0.1, 0.15) is 26.3 Å². The van der Waals surface area contributed by atoms with Crippen LogP contribution in [0.2, 0.25) is 0 Å². The first-order valence-electron chi connectivity index (χ1n) is 9.14. The van der Waals surface area contributed by atoms with Crippen LogP contribution < -0.4 is 15.4 Å². The molecule has 0 saturated carbocycles. The molecule has 6 heteroatoms. The highest BCUT2D eigenvalue weighted by molar-refractivity contribution is 6.05. The number of hydrogen-bond acceptors (Lipinski definition) is 3. The maximum absolute atomic E-state index is 13.6. The number of benzene rings is 3. The summed E-state index contributed by atoms with van der Waals surface area (Å²) in [5.41, 5.74) is 1.98. The molecule has 0 aliphatic heterocycles. The Morgan fingerprint density at radius 1 is 0.862 bits per heavy atom. The summed E-state index contributed by atoms with van der Waals surface area (Å²) in [6.45, 7) is 0.487. The largest absolute Gasteiger partial charge is 0.497 e. The molecular weight excluding hydrogens is 371 g/mol. The van der Waals surface area contributed by atoms with Gasteiger partial charge in [-0.25, -0.2) is 4.39 Å². The van der Waals surface area contributed by atoms with Crippen molar-refractivity contribution < 1.29 is 18.7 Å². The van der Waals surface area contributed by atoms with E-state index in [9.17, 15) is 14.0 Å². The molecule has 2 N–H and O–H groups in total. The Hall–Kier alpha value is -3.67. The maximum Gasteiger partial charge on any atom is 0.255 e. The van der Waals surface area contributed by atoms with Gasteiger partial charge in [0.05, 0.1) is 12.8 Å². The molecule has 0 spiro atoms. The first kappa shape index (κ1) is 20.1. The van der Waals surface area contributed by atoms with Gasteiger partial charge in [-0.2, -0.15) is 0 Å². The van der Waals surface area contributed by atoms with E-state index in [2.05, 4.69) is 10.6 Å². The summed E-state index contributed by atoms with van der Waals surface area (Å²) in [5.74, 6) is -0.383. The van der Waals surface area contributed by atoms with Crippen LogP contribution in [0.25, 0.3) is 0 Å². The van der Waals surface area contributed by atoms with Crippen LogP contribution in [0.3, 0.4) is 0 Å². The van der Waals surface area contributed by atoms with Crippen molar-refractivity contribution in [1.82, 2.24) is 5.32 Å². The summed E-state index contributed by atoms with van der Waals surface area (Å²) in [7, 11) is 1.62. The van der Waals surface area contributed by atoms with Gasteiger partial charge in [0.25, 0.3) is 11.8 Å². The van der Waals surface area contributed by atoms with E-state index in [1.54, 1.807) is 31.4 Å². The Morgan fingerprint density at radius 3 is 2.10 bits per heavy atom. The molecule has 0 aromatic heterocycles. The van der Waals surface area contributed by atoms with Gasteiger partial charge in [0.15, 0.2) is 0 Å². The van der Waals surface area contributed by atoms with Gasteiger partial charge >= 0.3 is 0 Å². The second kappa shape index (κ2) is 9.50. The van der Waals surface area contributed by atoms with E-state index in [1.807, 2.05) is 24.3 Å². The van der Waals surface area contributed by atoms with Gasteiger partial charge in [-0.1, -0.05) is 24.3 Å². The fourth-order valence-electron chi connectivity index (χ4n) is 2.74. The minimum atomic E-state index is -0.506. The predicted molar refractivity (Wildman–Crippen MR) is 110 cm³/mol. The van der Waals surface area contributed by atoms with E-state index in [0.717, 1.165) is 11.3 Å². The number of rotatable bonds is 7. The van der Waals surface area contributed by atoms with Crippen molar-refractivity contribution in [3.8, 4) is 5.75 Å². The molecule has 0 fully saturated rings. The van der Waals surface area contributed by atoms with Crippen LogP contribution in [0.15, 0.2) is 72.8 Å². The molecule has 5 nitrogen and oxygen atoms in total. The van der Waals surface area contributed by atoms with Gasteiger partial charge in [-0.05, 0) is 60.5 Å². The lowest BCUT2D eigenvalue weighted by molar-refractivity contribution is 0.0952. The normalized spacial score (nSPS) is 10.3. The average molecular weight is 392 g/mol. The second-order valence-corrected chi connectivity index (χ2v) is 6.37. The Kier molecular flexibility index (Phi) is 6.58. The fraction of sp³-hybridized carbons (Fsp3) is 0.130. The third-order valence-corrected chi connectivity index (χ3v) is 4.39. The first-order chi connectivity index (χ1) is 14.1. The molecule has 0 saturated heterocycles. The van der Waals surface area contributed by atoms with Gasteiger partial charge in [0.1, 0.15) is 11.6 Å². The smallest absolute Gasteiger partial charge is 0.255 e. The van der Waals surface area contributed by atoms with Gasteiger partial charge < -0.3 is 15.4 Å². The Morgan fingerprint density at radius 2 is 1.48 bits per heavy atom. The van der Waals surface area contributed by atoms with Crippen LogP contribution in [-0.4, -0.2) is 25.5 Å². The molecule has 3 aromatic carbocycles. The molecule has 0 unspecified atom stereocenters. The fourth-order valence-corrected chi connectivity index (χ4v) is 2.74. The molecular formula is C23H21FN2O3. The molecule has 0 aliphatic rings. The van der Waals surface area contributed by atoms with Crippen molar-refractivity contribution >= 4 is 17.5 Å². The van der Waals surface area contributed by atoms with Gasteiger partial charge in [0, 0.05) is 17.7 Å². The number of carbonyl (C=O) groups excluding carboxylic acids is 2. The molecule has 2 amide bonds. The van der Waals surface area contributed by atoms with E-state index in [0.29, 0.717) is 24.1 Å². The van der Waals surface area contributed by atoms with E-state index in [1.165, 1.54) is 24.3 Å². The molecule has 0 aliphatic carbocycles. The summed E-state index contributed by atoms with van der Waals surface area (Å²) in [5, 5.41) is 5.36. The average Bonchev–Trinajstić information content (AvgIpc) is 2.76. The molecule has 0 radical (unpaired) electrons. The first-order valence-corrected chi connectivity index (χ1v) is 9.14. The lowest BCUT2D eigenvalue weighted by Crippen LogP contribution is -2.25. The van der Waals surface area contributed by atoms with Crippen LogP contribution >= 0.6 is 0 Å². The number of nitrogens with one attached hydrogen (secondary N) is 2. The quantitative estimate of drug-likeness (QED) is 0.637. The zero-order valence-electron chi connectivity index (χ0n) is 15.9. The summed E-state index contributed by atoms with van der Waals surface area (Å²) in [6.07, 6.45) is 0.693. The lowest BCUT2D eigenvalue weighted by Gasteiger charge is -2.08. The Balaban J connectivity index is 1.52. The molecule has 3 rings (SSSR count). The Labute approximate surface area is 168 Å².